The molecule has 0 saturated heterocycles. The lowest BCUT2D eigenvalue weighted by Gasteiger charge is -2.07. The number of rotatable bonds is 6. The van der Waals surface area contributed by atoms with Crippen LogP contribution in [0.1, 0.15) is 21.7 Å². The number of nitrogens with zero attached hydrogens (tertiary/aromatic N) is 2. The molecule has 2 heterocycles. The van der Waals surface area contributed by atoms with Crippen LogP contribution in [0.25, 0.3) is 5.88 Å². The number of aryl methyl sites for hydroxylation is 1. The molecule has 132 valence electrons. The van der Waals surface area contributed by atoms with Crippen LogP contribution in [0.3, 0.4) is 0 Å². The number of aromatic nitrogens is 1. The molecule has 0 aliphatic heterocycles. The Hall–Kier alpha value is -3.17. The van der Waals surface area contributed by atoms with Crippen molar-refractivity contribution in [1.82, 2.24) is 4.57 Å². The summed E-state index contributed by atoms with van der Waals surface area (Å²) >= 11 is 5.80. The van der Waals surface area contributed by atoms with Gasteiger partial charge in [-0.25, -0.2) is 4.79 Å². The van der Waals surface area contributed by atoms with E-state index in [4.69, 9.17) is 25.5 Å². The molecule has 0 aliphatic rings. The molecule has 0 aliphatic carbocycles. The molecule has 0 radical (unpaired) electrons. The van der Waals surface area contributed by atoms with E-state index >= 15 is 0 Å². The summed E-state index contributed by atoms with van der Waals surface area (Å²) in [5, 5.41) is 10.0. The smallest absolute Gasteiger partial charge is 0.343 e. The summed E-state index contributed by atoms with van der Waals surface area (Å²) in [6.45, 7) is 1.83. The maximum atomic E-state index is 12.4. The van der Waals surface area contributed by atoms with E-state index in [0.29, 0.717) is 22.4 Å². The zero-order valence-corrected chi connectivity index (χ0v) is 14.7. The summed E-state index contributed by atoms with van der Waals surface area (Å²) in [6, 6.07) is 12.5. The number of carbonyl (C=O) groups is 1. The highest BCUT2D eigenvalue weighted by atomic mass is 35.5. The Morgan fingerprint density at radius 3 is 2.58 bits per heavy atom. The molecule has 3 rings (SSSR count). The van der Waals surface area contributed by atoms with Crippen molar-refractivity contribution < 1.29 is 18.7 Å². The van der Waals surface area contributed by atoms with Crippen molar-refractivity contribution in [2.75, 3.05) is 13.2 Å². The van der Waals surface area contributed by atoms with Crippen molar-refractivity contribution in [2.24, 2.45) is 0 Å². The third-order valence-electron chi connectivity index (χ3n) is 3.62. The van der Waals surface area contributed by atoms with Crippen LogP contribution in [0, 0.1) is 18.3 Å². The number of nitriles is 1. The predicted molar refractivity (Wildman–Crippen MR) is 94.7 cm³/mol. The molecule has 3 aromatic rings. The molecular formula is C19H15ClN2O4. The normalized spacial score (nSPS) is 10.3. The topological polar surface area (TPSA) is 77.4 Å². The third-order valence-corrected chi connectivity index (χ3v) is 3.87. The van der Waals surface area contributed by atoms with Gasteiger partial charge >= 0.3 is 5.97 Å². The molecule has 0 amide bonds. The number of furan rings is 1. The second kappa shape index (κ2) is 7.81. The summed E-state index contributed by atoms with van der Waals surface area (Å²) in [6.07, 6.45) is 3.46. The quantitative estimate of drug-likeness (QED) is 0.481. The Morgan fingerprint density at radius 2 is 1.92 bits per heavy atom. The molecule has 2 aromatic heterocycles. The summed E-state index contributed by atoms with van der Waals surface area (Å²) in [5.74, 6) is 0.617. The number of hydrogen-bond acceptors (Lipinski definition) is 5. The molecule has 0 unspecified atom stereocenters. The van der Waals surface area contributed by atoms with Gasteiger partial charge in [0, 0.05) is 17.4 Å². The minimum Gasteiger partial charge on any atom is -0.490 e. The highest BCUT2D eigenvalue weighted by Gasteiger charge is 2.25. The van der Waals surface area contributed by atoms with E-state index in [1.807, 2.05) is 6.07 Å². The van der Waals surface area contributed by atoms with Crippen molar-refractivity contribution in [1.29, 1.82) is 5.26 Å². The Morgan fingerprint density at radius 1 is 1.23 bits per heavy atom. The number of halogens is 1. The minimum atomic E-state index is -0.624. The molecule has 6 nitrogen and oxygen atoms in total. The Bertz CT molecular complexity index is 937. The first-order valence-corrected chi connectivity index (χ1v) is 8.20. The Kier molecular flexibility index (Phi) is 5.30. The predicted octanol–water partition coefficient (Wildman–Crippen LogP) is 4.14. The maximum absolute atomic E-state index is 12.4. The zero-order chi connectivity index (χ0) is 18.5. The van der Waals surface area contributed by atoms with Crippen LogP contribution in [0.5, 0.6) is 5.75 Å². The first kappa shape index (κ1) is 17.6. The van der Waals surface area contributed by atoms with Gasteiger partial charge in [0.1, 0.15) is 41.9 Å². The highest BCUT2D eigenvalue weighted by Crippen LogP contribution is 2.26. The van der Waals surface area contributed by atoms with Crippen LogP contribution in [-0.4, -0.2) is 23.8 Å². The van der Waals surface area contributed by atoms with E-state index in [1.165, 1.54) is 0 Å². The molecule has 26 heavy (non-hydrogen) atoms. The van der Waals surface area contributed by atoms with Crippen LogP contribution in [-0.2, 0) is 4.74 Å². The van der Waals surface area contributed by atoms with Gasteiger partial charge in [0.15, 0.2) is 0 Å². The largest absolute Gasteiger partial charge is 0.490 e. The van der Waals surface area contributed by atoms with E-state index in [9.17, 15) is 10.1 Å². The fourth-order valence-electron chi connectivity index (χ4n) is 2.43. The van der Waals surface area contributed by atoms with Gasteiger partial charge in [0.05, 0.1) is 0 Å². The van der Waals surface area contributed by atoms with Gasteiger partial charge < -0.3 is 13.9 Å². The lowest BCUT2D eigenvalue weighted by atomic mass is 10.1. The lowest BCUT2D eigenvalue weighted by Crippen LogP contribution is -2.13. The van der Waals surface area contributed by atoms with Gasteiger partial charge in [-0.3, -0.25) is 4.57 Å². The second-order valence-electron chi connectivity index (χ2n) is 5.35. The summed E-state index contributed by atoms with van der Waals surface area (Å²) in [5.41, 5.74) is 0.269. The number of carbonyl (C=O) groups excluding carboxylic acids is 1. The van der Waals surface area contributed by atoms with Crippen molar-refractivity contribution in [3.63, 3.8) is 0 Å². The molecule has 1 aromatic carbocycles. The fourth-order valence-corrected chi connectivity index (χ4v) is 2.55. The van der Waals surface area contributed by atoms with Crippen LogP contribution < -0.4 is 4.74 Å². The van der Waals surface area contributed by atoms with Crippen molar-refractivity contribution in [3.8, 4) is 17.7 Å². The molecule has 0 bridgehead atoms. The fraction of sp³-hybridized carbons (Fsp3) is 0.158. The first-order valence-electron chi connectivity index (χ1n) is 7.82. The van der Waals surface area contributed by atoms with Gasteiger partial charge in [0.2, 0.25) is 5.88 Å². The first-order chi connectivity index (χ1) is 12.6. The van der Waals surface area contributed by atoms with Crippen LogP contribution >= 0.6 is 11.6 Å². The van der Waals surface area contributed by atoms with Crippen molar-refractivity contribution in [3.05, 3.63) is 70.7 Å². The average molecular weight is 371 g/mol. The van der Waals surface area contributed by atoms with E-state index in [-0.39, 0.29) is 24.3 Å². The van der Waals surface area contributed by atoms with Gasteiger partial charge in [-0.05, 0) is 43.3 Å². The number of ether oxygens (including phenoxy) is 2. The van der Waals surface area contributed by atoms with Crippen molar-refractivity contribution in [2.45, 2.75) is 6.92 Å². The molecular weight excluding hydrogens is 356 g/mol. The zero-order valence-electron chi connectivity index (χ0n) is 13.9. The average Bonchev–Trinajstić information content (AvgIpc) is 3.27. The molecule has 0 saturated carbocycles. The van der Waals surface area contributed by atoms with Gasteiger partial charge in [0.25, 0.3) is 0 Å². The number of benzene rings is 1. The molecule has 7 heteroatoms. The van der Waals surface area contributed by atoms with Crippen LogP contribution in [0.4, 0.5) is 0 Å². The van der Waals surface area contributed by atoms with Crippen molar-refractivity contribution >= 4 is 17.6 Å². The van der Waals surface area contributed by atoms with E-state index in [0.717, 1.165) is 0 Å². The second-order valence-corrected chi connectivity index (χ2v) is 5.79. The Balaban J connectivity index is 1.65. The summed E-state index contributed by atoms with van der Waals surface area (Å²) in [4.78, 5) is 12.4. The van der Waals surface area contributed by atoms with E-state index < -0.39 is 5.97 Å². The monoisotopic (exact) mass is 370 g/mol. The number of hydrogen-bond donors (Lipinski definition) is 0. The molecule has 0 N–H and O–H groups in total. The van der Waals surface area contributed by atoms with Crippen LogP contribution in [0.15, 0.2) is 53.2 Å². The lowest BCUT2D eigenvalue weighted by molar-refractivity contribution is 0.0448. The Labute approximate surface area is 155 Å². The maximum Gasteiger partial charge on any atom is 0.343 e. The van der Waals surface area contributed by atoms with E-state index in [1.54, 1.807) is 60.3 Å². The van der Waals surface area contributed by atoms with Gasteiger partial charge in [-0.2, -0.15) is 5.26 Å². The van der Waals surface area contributed by atoms with Gasteiger partial charge in [-0.1, -0.05) is 11.6 Å². The number of esters is 1. The molecule has 0 fully saturated rings. The van der Waals surface area contributed by atoms with Crippen LogP contribution in [0.2, 0.25) is 5.02 Å². The SMILES string of the molecule is Cc1oc(-n2cccc2)c(C#N)c1C(=O)OCCOc1ccc(Cl)cc1. The van der Waals surface area contributed by atoms with Gasteiger partial charge in [-0.15, -0.1) is 0 Å². The minimum absolute atomic E-state index is 0.0375. The molecule has 0 atom stereocenters. The molecule has 0 spiro atoms. The summed E-state index contributed by atoms with van der Waals surface area (Å²) in [7, 11) is 0. The highest BCUT2D eigenvalue weighted by molar-refractivity contribution is 6.30. The summed E-state index contributed by atoms with van der Waals surface area (Å²) < 4.78 is 17.9. The third kappa shape index (κ3) is 3.73. The standard InChI is InChI=1S/C19H15ClN2O4/c1-13-17(16(12-21)18(26-13)22-8-2-3-9-22)19(23)25-11-10-24-15-6-4-14(20)5-7-15/h2-9H,10-11H2,1H3. The van der Waals surface area contributed by atoms with E-state index in [2.05, 4.69) is 0 Å².